The summed E-state index contributed by atoms with van der Waals surface area (Å²) < 4.78 is 2.03. The van der Waals surface area contributed by atoms with Crippen molar-refractivity contribution in [3.63, 3.8) is 0 Å². The molecule has 2 aliphatic heterocycles. The number of nitrogens with one attached hydrogen (secondary N) is 2. The van der Waals surface area contributed by atoms with E-state index in [9.17, 15) is 4.79 Å². The van der Waals surface area contributed by atoms with Crippen molar-refractivity contribution in [1.29, 1.82) is 0 Å². The van der Waals surface area contributed by atoms with Gasteiger partial charge in [-0.3, -0.25) is 9.69 Å². The lowest BCUT2D eigenvalue weighted by Gasteiger charge is -2.31. The fraction of sp³-hybridized carbons (Fsp3) is 0.577. The van der Waals surface area contributed by atoms with Crippen molar-refractivity contribution in [3.8, 4) is 0 Å². The first-order chi connectivity index (χ1) is 16.7. The van der Waals surface area contributed by atoms with Crippen molar-refractivity contribution < 1.29 is 14.7 Å². The summed E-state index contributed by atoms with van der Waals surface area (Å²) in [6.45, 7) is 2.55. The first-order valence-corrected chi connectivity index (χ1v) is 12.6. The average molecular weight is 468 g/mol. The molecule has 0 spiro atoms. The second kappa shape index (κ2) is 12.0. The van der Waals surface area contributed by atoms with Gasteiger partial charge < -0.3 is 20.3 Å². The van der Waals surface area contributed by atoms with E-state index < -0.39 is 0 Å². The van der Waals surface area contributed by atoms with Crippen molar-refractivity contribution >= 4 is 12.5 Å². The van der Waals surface area contributed by atoms with Gasteiger partial charge in [0.1, 0.15) is 0 Å². The lowest BCUT2D eigenvalue weighted by Crippen LogP contribution is -2.44. The molecule has 8 heteroatoms. The highest BCUT2D eigenvalue weighted by Gasteiger charge is 2.43. The Hall–Kier alpha value is -2.87. The molecule has 1 aromatic heterocycles. The summed E-state index contributed by atoms with van der Waals surface area (Å²) in [6, 6.07) is 10.7. The number of hydrogen-bond donors (Lipinski definition) is 3. The average Bonchev–Trinajstić information content (AvgIpc) is 3.58. The van der Waals surface area contributed by atoms with E-state index in [-0.39, 0.29) is 12.5 Å². The van der Waals surface area contributed by atoms with Crippen LogP contribution in [0.4, 0.5) is 4.79 Å². The van der Waals surface area contributed by atoms with Crippen molar-refractivity contribution in [3.05, 3.63) is 54.1 Å². The summed E-state index contributed by atoms with van der Waals surface area (Å²) in [4.78, 5) is 27.4. The molecule has 34 heavy (non-hydrogen) atoms. The van der Waals surface area contributed by atoms with Gasteiger partial charge in [0.2, 0.25) is 0 Å². The molecule has 3 N–H and O–H groups in total. The van der Waals surface area contributed by atoms with Crippen molar-refractivity contribution in [2.75, 3.05) is 13.1 Å². The molecular weight excluding hydrogens is 430 g/mol. The van der Waals surface area contributed by atoms with Crippen molar-refractivity contribution in [1.82, 2.24) is 25.1 Å². The molecular formula is C26H37N5O3. The molecule has 184 valence electrons. The van der Waals surface area contributed by atoms with E-state index >= 15 is 0 Å². The Kier molecular flexibility index (Phi) is 8.57. The van der Waals surface area contributed by atoms with Crippen LogP contribution in [0.15, 0.2) is 43.0 Å². The Labute approximate surface area is 201 Å². The summed E-state index contributed by atoms with van der Waals surface area (Å²) in [5.41, 5.74) is 3.17. The zero-order valence-electron chi connectivity index (χ0n) is 19.8. The number of aryl methyl sites for hydroxylation is 1. The smallest absolute Gasteiger partial charge is 0.315 e. The molecule has 2 bridgehead atoms. The number of carbonyl (C=O) groups excluding carboxylic acids is 1. The Balaban J connectivity index is 0.000000868. The Morgan fingerprint density at radius 3 is 2.35 bits per heavy atom. The number of urea groups is 1. The van der Waals surface area contributed by atoms with Crippen LogP contribution in [-0.2, 0) is 11.3 Å². The number of hydrogen-bond acceptors (Lipinski definition) is 4. The Bertz CT molecular complexity index is 880. The molecule has 2 fully saturated rings. The molecule has 1 saturated heterocycles. The minimum Gasteiger partial charge on any atom is -0.483 e. The number of benzene rings is 1. The number of aromatic nitrogens is 2. The highest BCUT2D eigenvalue weighted by atomic mass is 16.3. The number of carbonyl (C=O) groups is 2. The maximum Gasteiger partial charge on any atom is 0.315 e. The molecule has 2 atom stereocenters. The minimum atomic E-state index is -0.250. The number of imidazole rings is 1. The molecule has 8 nitrogen and oxygen atoms in total. The van der Waals surface area contributed by atoms with Gasteiger partial charge in [-0.2, -0.15) is 0 Å². The molecule has 3 aliphatic rings. The Morgan fingerprint density at radius 1 is 1.06 bits per heavy atom. The fourth-order valence-electron chi connectivity index (χ4n) is 6.01. The maximum atomic E-state index is 12.2. The van der Waals surface area contributed by atoms with Crippen molar-refractivity contribution in [2.24, 2.45) is 5.92 Å². The molecule has 0 radical (unpaired) electrons. The van der Waals surface area contributed by atoms with Crippen LogP contribution >= 0.6 is 0 Å². The van der Waals surface area contributed by atoms with Gasteiger partial charge in [0.25, 0.3) is 6.47 Å². The van der Waals surface area contributed by atoms with E-state index in [2.05, 4.69) is 44.8 Å². The summed E-state index contributed by atoms with van der Waals surface area (Å²) in [5, 5.41) is 13.1. The zero-order valence-corrected chi connectivity index (χ0v) is 19.8. The molecule has 2 unspecified atom stereocenters. The van der Waals surface area contributed by atoms with E-state index in [0.29, 0.717) is 24.7 Å². The number of rotatable bonds is 8. The summed E-state index contributed by atoms with van der Waals surface area (Å²) in [5.74, 6) is 0.805. The van der Waals surface area contributed by atoms with Gasteiger partial charge in [-0.25, -0.2) is 9.78 Å². The maximum absolute atomic E-state index is 12.2. The molecule has 1 aromatic carbocycles. The number of amides is 2. The molecule has 2 aromatic rings. The third-order valence-electron chi connectivity index (χ3n) is 7.64. The van der Waals surface area contributed by atoms with Gasteiger partial charge in [0.15, 0.2) is 0 Å². The van der Waals surface area contributed by atoms with Crippen LogP contribution < -0.4 is 10.6 Å². The van der Waals surface area contributed by atoms with Gasteiger partial charge in [0, 0.05) is 43.6 Å². The standard InChI is InChI=1S/C25H35N5O.CH2O2/c31-25(27-13-3-15-29-17-14-26-18-29)28-20-8-6-19(7-9-20)12-16-30-23-10-11-24(30)22-5-2-1-4-21(22)23;2-1-3/h1-2,4-5,14,17-20,23-24H,3,6-13,15-16H2,(H2,27,28,31);1H,(H,2,3). The number of nitrogens with zero attached hydrogens (tertiary/aromatic N) is 3. The molecule has 2 amide bonds. The topological polar surface area (TPSA) is 99.5 Å². The third-order valence-corrected chi connectivity index (χ3v) is 7.64. The van der Waals surface area contributed by atoms with E-state index in [4.69, 9.17) is 9.90 Å². The summed E-state index contributed by atoms with van der Waals surface area (Å²) in [7, 11) is 0. The summed E-state index contributed by atoms with van der Waals surface area (Å²) in [6.07, 6.45) is 15.1. The number of carboxylic acid groups (broad SMARTS) is 1. The van der Waals surface area contributed by atoms with Gasteiger partial charge in [-0.1, -0.05) is 24.3 Å². The van der Waals surface area contributed by atoms with Gasteiger partial charge in [-0.05, 0) is 75.0 Å². The monoisotopic (exact) mass is 467 g/mol. The van der Waals surface area contributed by atoms with Crippen LogP contribution in [0.3, 0.4) is 0 Å². The van der Waals surface area contributed by atoms with Crippen LogP contribution in [0, 0.1) is 5.92 Å². The quantitative estimate of drug-likeness (QED) is 0.401. The van der Waals surface area contributed by atoms with Crippen LogP contribution in [-0.4, -0.2) is 51.2 Å². The minimum absolute atomic E-state index is 0.0134. The molecule has 3 heterocycles. The summed E-state index contributed by atoms with van der Waals surface area (Å²) >= 11 is 0. The van der Waals surface area contributed by atoms with Gasteiger partial charge >= 0.3 is 6.03 Å². The fourth-order valence-corrected chi connectivity index (χ4v) is 6.01. The van der Waals surface area contributed by atoms with Crippen LogP contribution in [0.5, 0.6) is 0 Å². The first kappa shape index (κ1) is 24.3. The van der Waals surface area contributed by atoms with Gasteiger partial charge in [0.05, 0.1) is 6.33 Å². The van der Waals surface area contributed by atoms with Gasteiger partial charge in [-0.15, -0.1) is 0 Å². The van der Waals surface area contributed by atoms with Crippen molar-refractivity contribution in [2.45, 2.75) is 76.0 Å². The zero-order chi connectivity index (χ0) is 23.8. The largest absolute Gasteiger partial charge is 0.483 e. The highest BCUT2D eigenvalue weighted by Crippen LogP contribution is 2.53. The van der Waals surface area contributed by atoms with E-state index in [1.807, 2.05) is 17.1 Å². The third kappa shape index (κ3) is 5.97. The first-order valence-electron chi connectivity index (χ1n) is 12.6. The lowest BCUT2D eigenvalue weighted by molar-refractivity contribution is -0.122. The molecule has 1 saturated carbocycles. The lowest BCUT2D eigenvalue weighted by atomic mass is 9.84. The van der Waals surface area contributed by atoms with Crippen LogP contribution in [0.25, 0.3) is 0 Å². The van der Waals surface area contributed by atoms with Crippen LogP contribution in [0.2, 0.25) is 0 Å². The van der Waals surface area contributed by atoms with E-state index in [0.717, 1.165) is 31.7 Å². The van der Waals surface area contributed by atoms with E-state index in [1.54, 1.807) is 17.3 Å². The van der Waals surface area contributed by atoms with E-state index in [1.165, 1.54) is 38.6 Å². The molecule has 5 rings (SSSR count). The normalized spacial score (nSPS) is 25.2. The Morgan fingerprint density at radius 2 is 1.74 bits per heavy atom. The predicted octanol–water partition coefficient (Wildman–Crippen LogP) is 4.11. The second-order valence-corrected chi connectivity index (χ2v) is 9.64. The van der Waals surface area contributed by atoms with Crippen LogP contribution in [0.1, 0.15) is 74.6 Å². The molecule has 1 aliphatic carbocycles. The predicted molar refractivity (Wildman–Crippen MR) is 130 cm³/mol. The second-order valence-electron chi connectivity index (χ2n) is 9.64. The number of fused-ring (bicyclic) bond motifs is 5. The SMILES string of the molecule is O=C(NCCCn1ccnc1)NC1CCC(CCN2C3CCC2c2ccccc23)CC1.O=CO. The highest BCUT2D eigenvalue weighted by molar-refractivity contribution is 5.74.